The average molecular weight is 278 g/mol. The quantitative estimate of drug-likeness (QED) is 0.850. The Balaban J connectivity index is 2.28. The van der Waals surface area contributed by atoms with Gasteiger partial charge in [-0.1, -0.05) is 11.6 Å². The Morgan fingerprint density at radius 1 is 1.11 bits per heavy atom. The molecule has 0 aliphatic heterocycles. The van der Waals surface area contributed by atoms with E-state index < -0.39 is 0 Å². The molecule has 2 heterocycles. The van der Waals surface area contributed by atoms with Gasteiger partial charge in [0.2, 0.25) is 5.95 Å². The topological polar surface area (TPSA) is 80.7 Å². The van der Waals surface area contributed by atoms with Crippen LogP contribution in [0.2, 0.25) is 5.15 Å². The van der Waals surface area contributed by atoms with E-state index in [1.807, 2.05) is 0 Å². The fraction of sp³-hybridized carbons (Fsp3) is 0.250. The number of nitrogens with one attached hydrogen (secondary N) is 1. The highest BCUT2D eigenvalue weighted by molar-refractivity contribution is 6.29. The van der Waals surface area contributed by atoms with E-state index in [1.54, 1.807) is 32.9 Å². The number of halogens is 1. The minimum absolute atomic E-state index is 0.170. The van der Waals surface area contributed by atoms with Crippen LogP contribution in [0.25, 0.3) is 0 Å². The standard InChI is InChI=1S/C12H12ClN5O/c1-6-5-10(13)15-12(14-6)16-11(19)9-4-7(2)17-18-8(9)3/h4-5H,1-3H3,(H,14,15,16,19). The highest BCUT2D eigenvalue weighted by atomic mass is 35.5. The van der Waals surface area contributed by atoms with Crippen molar-refractivity contribution in [1.29, 1.82) is 0 Å². The maximum Gasteiger partial charge on any atom is 0.259 e. The predicted octanol–water partition coefficient (Wildman–Crippen LogP) is 2.10. The lowest BCUT2D eigenvalue weighted by molar-refractivity contribution is 0.102. The fourth-order valence-corrected chi connectivity index (χ4v) is 1.77. The highest BCUT2D eigenvalue weighted by Crippen LogP contribution is 2.12. The van der Waals surface area contributed by atoms with Crippen molar-refractivity contribution in [3.63, 3.8) is 0 Å². The van der Waals surface area contributed by atoms with Gasteiger partial charge in [0, 0.05) is 5.69 Å². The highest BCUT2D eigenvalue weighted by Gasteiger charge is 2.13. The number of hydrogen-bond donors (Lipinski definition) is 1. The van der Waals surface area contributed by atoms with Crippen LogP contribution in [0.5, 0.6) is 0 Å². The number of amides is 1. The smallest absolute Gasteiger partial charge is 0.259 e. The number of carbonyl (C=O) groups is 1. The maximum absolute atomic E-state index is 12.1. The number of anilines is 1. The molecule has 0 saturated carbocycles. The van der Waals surface area contributed by atoms with E-state index in [4.69, 9.17) is 11.6 Å². The van der Waals surface area contributed by atoms with Gasteiger partial charge >= 0.3 is 0 Å². The van der Waals surface area contributed by atoms with Crippen molar-refractivity contribution in [3.05, 3.63) is 39.9 Å². The van der Waals surface area contributed by atoms with Crippen LogP contribution < -0.4 is 5.32 Å². The lowest BCUT2D eigenvalue weighted by Crippen LogP contribution is -2.17. The van der Waals surface area contributed by atoms with E-state index in [1.165, 1.54) is 0 Å². The van der Waals surface area contributed by atoms with Crippen molar-refractivity contribution < 1.29 is 4.79 Å². The van der Waals surface area contributed by atoms with E-state index in [2.05, 4.69) is 25.5 Å². The molecular weight excluding hydrogens is 266 g/mol. The third-order valence-corrected chi connectivity index (χ3v) is 2.59. The molecule has 19 heavy (non-hydrogen) atoms. The van der Waals surface area contributed by atoms with Crippen molar-refractivity contribution in [2.75, 3.05) is 5.32 Å². The van der Waals surface area contributed by atoms with Crippen molar-refractivity contribution in [3.8, 4) is 0 Å². The average Bonchev–Trinajstić information content (AvgIpc) is 2.30. The van der Waals surface area contributed by atoms with Crippen molar-refractivity contribution >= 4 is 23.5 Å². The molecule has 1 N–H and O–H groups in total. The maximum atomic E-state index is 12.1. The van der Waals surface area contributed by atoms with Crippen molar-refractivity contribution in [2.45, 2.75) is 20.8 Å². The molecule has 0 unspecified atom stereocenters. The van der Waals surface area contributed by atoms with E-state index >= 15 is 0 Å². The molecular formula is C12H12ClN5O. The third kappa shape index (κ3) is 3.23. The minimum Gasteiger partial charge on any atom is -0.290 e. The summed E-state index contributed by atoms with van der Waals surface area (Å²) in [6.07, 6.45) is 0. The fourth-order valence-electron chi connectivity index (χ4n) is 1.53. The summed E-state index contributed by atoms with van der Waals surface area (Å²) in [4.78, 5) is 20.1. The van der Waals surface area contributed by atoms with Gasteiger partial charge in [-0.05, 0) is 32.9 Å². The van der Waals surface area contributed by atoms with Gasteiger partial charge in [0.1, 0.15) is 5.15 Å². The van der Waals surface area contributed by atoms with Crippen LogP contribution in [0, 0.1) is 20.8 Å². The van der Waals surface area contributed by atoms with Crippen LogP contribution in [0.1, 0.15) is 27.4 Å². The Bertz CT molecular complexity index is 624. The molecule has 0 aliphatic rings. The van der Waals surface area contributed by atoms with Gasteiger partial charge in [-0.2, -0.15) is 10.2 Å². The molecule has 1 amide bonds. The van der Waals surface area contributed by atoms with Crippen molar-refractivity contribution in [2.24, 2.45) is 0 Å². The molecule has 0 aliphatic carbocycles. The molecule has 0 saturated heterocycles. The molecule has 0 spiro atoms. The first-order valence-corrected chi connectivity index (χ1v) is 5.97. The molecule has 6 nitrogen and oxygen atoms in total. The lowest BCUT2D eigenvalue weighted by Gasteiger charge is -2.06. The number of aryl methyl sites for hydroxylation is 3. The number of hydrogen-bond acceptors (Lipinski definition) is 5. The zero-order valence-electron chi connectivity index (χ0n) is 10.7. The lowest BCUT2D eigenvalue weighted by atomic mass is 10.2. The van der Waals surface area contributed by atoms with Crippen molar-refractivity contribution in [1.82, 2.24) is 20.2 Å². The summed E-state index contributed by atoms with van der Waals surface area (Å²) in [6, 6.07) is 3.27. The van der Waals surface area contributed by atoms with E-state index in [0.29, 0.717) is 22.6 Å². The molecule has 2 aromatic rings. The summed E-state index contributed by atoms with van der Waals surface area (Å²) < 4.78 is 0. The van der Waals surface area contributed by atoms with E-state index in [0.717, 1.165) is 0 Å². The van der Waals surface area contributed by atoms with Crippen LogP contribution in [0.4, 0.5) is 5.95 Å². The van der Waals surface area contributed by atoms with Crippen LogP contribution in [-0.2, 0) is 0 Å². The minimum atomic E-state index is -0.336. The first-order chi connectivity index (χ1) is 8.95. The van der Waals surface area contributed by atoms with Crippen LogP contribution in [0.3, 0.4) is 0 Å². The van der Waals surface area contributed by atoms with Gasteiger partial charge in [0.05, 0.1) is 17.0 Å². The zero-order valence-corrected chi connectivity index (χ0v) is 11.5. The van der Waals surface area contributed by atoms with Crippen LogP contribution >= 0.6 is 11.6 Å². The van der Waals surface area contributed by atoms with Crippen LogP contribution in [0.15, 0.2) is 12.1 Å². The predicted molar refractivity (Wildman–Crippen MR) is 71.2 cm³/mol. The number of carbonyl (C=O) groups excluding carboxylic acids is 1. The van der Waals surface area contributed by atoms with Gasteiger partial charge in [-0.15, -0.1) is 0 Å². The molecule has 2 aromatic heterocycles. The first-order valence-electron chi connectivity index (χ1n) is 5.59. The largest absolute Gasteiger partial charge is 0.290 e. The second kappa shape index (κ2) is 5.27. The summed E-state index contributed by atoms with van der Waals surface area (Å²) in [6.45, 7) is 5.25. The zero-order chi connectivity index (χ0) is 14.0. The molecule has 0 bridgehead atoms. The molecule has 98 valence electrons. The first kappa shape index (κ1) is 13.4. The Kier molecular flexibility index (Phi) is 3.71. The molecule has 0 aromatic carbocycles. The normalized spacial score (nSPS) is 10.3. The van der Waals surface area contributed by atoms with Gasteiger partial charge in [-0.3, -0.25) is 10.1 Å². The Morgan fingerprint density at radius 3 is 2.53 bits per heavy atom. The molecule has 0 radical (unpaired) electrons. The Morgan fingerprint density at radius 2 is 1.84 bits per heavy atom. The van der Waals surface area contributed by atoms with E-state index in [-0.39, 0.29) is 17.0 Å². The molecule has 0 atom stereocenters. The second-order valence-electron chi connectivity index (χ2n) is 4.09. The molecule has 2 rings (SSSR count). The number of nitrogens with zero attached hydrogens (tertiary/aromatic N) is 4. The van der Waals surface area contributed by atoms with Gasteiger partial charge in [0.15, 0.2) is 0 Å². The summed E-state index contributed by atoms with van der Waals surface area (Å²) in [5.41, 5.74) is 2.32. The Hall–Kier alpha value is -2.08. The Labute approximate surface area is 115 Å². The summed E-state index contributed by atoms with van der Waals surface area (Å²) >= 11 is 5.81. The summed E-state index contributed by atoms with van der Waals surface area (Å²) in [5.74, 6) is -0.166. The number of rotatable bonds is 2. The monoisotopic (exact) mass is 277 g/mol. The van der Waals surface area contributed by atoms with Gasteiger partial charge in [0.25, 0.3) is 5.91 Å². The molecule has 7 heteroatoms. The van der Waals surface area contributed by atoms with Gasteiger partial charge in [-0.25, -0.2) is 9.97 Å². The van der Waals surface area contributed by atoms with Crippen LogP contribution in [-0.4, -0.2) is 26.1 Å². The molecule has 0 fully saturated rings. The summed E-state index contributed by atoms with van der Waals surface area (Å²) in [5, 5.41) is 10.6. The SMILES string of the molecule is Cc1cc(C(=O)Nc2nc(C)cc(Cl)n2)c(C)nn1. The summed E-state index contributed by atoms with van der Waals surface area (Å²) in [7, 11) is 0. The third-order valence-electron chi connectivity index (χ3n) is 2.39. The van der Waals surface area contributed by atoms with Gasteiger partial charge < -0.3 is 0 Å². The number of aromatic nitrogens is 4. The van der Waals surface area contributed by atoms with E-state index in [9.17, 15) is 4.79 Å². The second-order valence-corrected chi connectivity index (χ2v) is 4.48.